The van der Waals surface area contributed by atoms with Crippen LogP contribution in [0.3, 0.4) is 0 Å². The lowest BCUT2D eigenvalue weighted by atomic mass is 10.2. The SMILES string of the molecule is COc1ccc2nc(N(CC3CCCO3)C(=O)c3cc(C)nn3C)sc2c1. The maximum atomic E-state index is 13.3. The van der Waals surface area contributed by atoms with Crippen LogP contribution >= 0.6 is 11.3 Å². The molecule has 1 amide bonds. The van der Waals surface area contributed by atoms with Gasteiger partial charge in [0.15, 0.2) is 5.13 Å². The molecule has 1 atom stereocenters. The van der Waals surface area contributed by atoms with Crippen LogP contribution in [0.4, 0.5) is 5.13 Å². The normalized spacial score (nSPS) is 16.8. The zero-order valence-corrected chi connectivity index (χ0v) is 16.5. The first-order valence-electron chi connectivity index (χ1n) is 8.94. The van der Waals surface area contributed by atoms with Crippen molar-refractivity contribution >= 4 is 32.6 Å². The van der Waals surface area contributed by atoms with Crippen molar-refractivity contribution in [3.8, 4) is 5.75 Å². The number of hydrogen-bond acceptors (Lipinski definition) is 6. The van der Waals surface area contributed by atoms with Crippen molar-refractivity contribution in [1.82, 2.24) is 14.8 Å². The van der Waals surface area contributed by atoms with E-state index in [1.54, 1.807) is 29.8 Å². The molecular formula is C19H22N4O3S. The van der Waals surface area contributed by atoms with E-state index >= 15 is 0 Å². The number of nitrogens with zero attached hydrogens (tertiary/aromatic N) is 4. The summed E-state index contributed by atoms with van der Waals surface area (Å²) in [5.41, 5.74) is 2.21. The van der Waals surface area contributed by atoms with Crippen LogP contribution in [0.5, 0.6) is 5.75 Å². The minimum atomic E-state index is -0.111. The van der Waals surface area contributed by atoms with Crippen LogP contribution in [0.1, 0.15) is 29.0 Å². The highest BCUT2D eigenvalue weighted by molar-refractivity contribution is 7.22. The zero-order chi connectivity index (χ0) is 19.0. The van der Waals surface area contributed by atoms with Gasteiger partial charge in [0, 0.05) is 13.7 Å². The molecule has 0 saturated carbocycles. The van der Waals surface area contributed by atoms with Crippen molar-refractivity contribution in [3.05, 3.63) is 35.7 Å². The maximum Gasteiger partial charge on any atom is 0.278 e. The fourth-order valence-corrected chi connectivity index (χ4v) is 4.33. The number of fused-ring (bicyclic) bond motifs is 1. The van der Waals surface area contributed by atoms with E-state index in [0.717, 1.165) is 41.1 Å². The molecule has 1 saturated heterocycles. The average Bonchev–Trinajstić information content (AvgIpc) is 3.37. The van der Waals surface area contributed by atoms with E-state index in [2.05, 4.69) is 5.10 Å². The first-order chi connectivity index (χ1) is 13.0. The summed E-state index contributed by atoms with van der Waals surface area (Å²) in [6.45, 7) is 3.11. The van der Waals surface area contributed by atoms with Crippen LogP contribution in [0.2, 0.25) is 0 Å². The summed E-state index contributed by atoms with van der Waals surface area (Å²) in [5.74, 6) is 0.664. The predicted octanol–water partition coefficient (Wildman–Crippen LogP) is 3.17. The number of aromatic nitrogens is 3. The lowest BCUT2D eigenvalue weighted by molar-refractivity contribution is 0.0909. The van der Waals surface area contributed by atoms with Crippen LogP contribution in [0.25, 0.3) is 10.2 Å². The number of aryl methyl sites for hydroxylation is 2. The molecule has 1 aromatic carbocycles. The monoisotopic (exact) mass is 386 g/mol. The summed E-state index contributed by atoms with van der Waals surface area (Å²) >= 11 is 1.48. The molecule has 3 heterocycles. The van der Waals surface area contributed by atoms with Gasteiger partial charge in [0.25, 0.3) is 5.91 Å². The lowest BCUT2D eigenvalue weighted by Gasteiger charge is -2.22. The third-order valence-electron chi connectivity index (χ3n) is 4.69. The number of amides is 1. The summed E-state index contributed by atoms with van der Waals surface area (Å²) in [7, 11) is 3.43. The molecule has 1 unspecified atom stereocenters. The molecule has 2 aromatic heterocycles. The fraction of sp³-hybridized carbons (Fsp3) is 0.421. The van der Waals surface area contributed by atoms with Crippen molar-refractivity contribution in [1.29, 1.82) is 0 Å². The van der Waals surface area contributed by atoms with Gasteiger partial charge in [-0.3, -0.25) is 14.4 Å². The van der Waals surface area contributed by atoms with Gasteiger partial charge in [0.2, 0.25) is 0 Å². The molecule has 0 aliphatic carbocycles. The van der Waals surface area contributed by atoms with Gasteiger partial charge in [-0.15, -0.1) is 0 Å². The van der Waals surface area contributed by atoms with Gasteiger partial charge in [-0.1, -0.05) is 11.3 Å². The topological polar surface area (TPSA) is 69.5 Å². The Kier molecular flexibility index (Phi) is 4.84. The number of methoxy groups -OCH3 is 1. The van der Waals surface area contributed by atoms with Gasteiger partial charge in [-0.05, 0) is 44.0 Å². The molecular weight excluding hydrogens is 364 g/mol. The molecule has 1 aliphatic heterocycles. The Morgan fingerprint density at radius 2 is 2.30 bits per heavy atom. The van der Waals surface area contributed by atoms with Crippen molar-refractivity contribution in [2.75, 3.05) is 25.2 Å². The first kappa shape index (κ1) is 17.9. The van der Waals surface area contributed by atoms with Gasteiger partial charge >= 0.3 is 0 Å². The first-order valence-corrected chi connectivity index (χ1v) is 9.75. The van der Waals surface area contributed by atoms with E-state index in [-0.39, 0.29) is 12.0 Å². The second-order valence-corrected chi connectivity index (χ2v) is 7.68. The molecule has 0 bridgehead atoms. The molecule has 3 aromatic rings. The number of carbonyl (C=O) groups excluding carboxylic acids is 1. The Balaban J connectivity index is 1.72. The molecule has 27 heavy (non-hydrogen) atoms. The second kappa shape index (κ2) is 7.28. The largest absolute Gasteiger partial charge is 0.497 e. The Bertz CT molecular complexity index is 975. The van der Waals surface area contributed by atoms with Crippen LogP contribution < -0.4 is 9.64 Å². The van der Waals surface area contributed by atoms with E-state index in [1.165, 1.54) is 11.3 Å². The zero-order valence-electron chi connectivity index (χ0n) is 15.6. The fourth-order valence-electron chi connectivity index (χ4n) is 3.32. The molecule has 0 N–H and O–H groups in total. The van der Waals surface area contributed by atoms with Gasteiger partial charge in [0.1, 0.15) is 11.4 Å². The smallest absolute Gasteiger partial charge is 0.278 e. The molecule has 7 nitrogen and oxygen atoms in total. The number of carbonyl (C=O) groups is 1. The molecule has 4 rings (SSSR count). The van der Waals surface area contributed by atoms with Crippen molar-refractivity contribution in [3.63, 3.8) is 0 Å². The van der Waals surface area contributed by atoms with E-state index in [9.17, 15) is 4.79 Å². The standard InChI is InChI=1S/C19H22N4O3S/c1-12-9-16(22(2)21-12)18(24)23(11-14-5-4-8-26-14)19-20-15-7-6-13(25-3)10-17(15)27-19/h6-7,9-10,14H,4-5,8,11H2,1-3H3. The number of rotatable bonds is 5. The van der Waals surface area contributed by atoms with Gasteiger partial charge in [-0.2, -0.15) is 5.10 Å². The highest BCUT2D eigenvalue weighted by atomic mass is 32.1. The Hall–Kier alpha value is -2.45. The van der Waals surface area contributed by atoms with Crippen molar-refractivity contribution in [2.24, 2.45) is 7.05 Å². The van der Waals surface area contributed by atoms with Gasteiger partial charge < -0.3 is 9.47 Å². The third-order valence-corrected chi connectivity index (χ3v) is 5.73. The third kappa shape index (κ3) is 3.54. The predicted molar refractivity (Wildman–Crippen MR) is 105 cm³/mol. The van der Waals surface area contributed by atoms with Gasteiger partial charge in [-0.25, -0.2) is 4.98 Å². The molecule has 8 heteroatoms. The summed E-state index contributed by atoms with van der Waals surface area (Å²) in [4.78, 5) is 19.7. The summed E-state index contributed by atoms with van der Waals surface area (Å²) in [5, 5.41) is 4.97. The van der Waals surface area contributed by atoms with Crippen LogP contribution in [0.15, 0.2) is 24.3 Å². The Labute approximate surface area is 161 Å². The molecule has 142 valence electrons. The summed E-state index contributed by atoms with van der Waals surface area (Å²) < 4.78 is 13.7. The van der Waals surface area contributed by atoms with Crippen LogP contribution in [-0.4, -0.2) is 47.0 Å². The Morgan fingerprint density at radius 1 is 1.44 bits per heavy atom. The van der Waals surface area contributed by atoms with Crippen LogP contribution in [-0.2, 0) is 11.8 Å². The van der Waals surface area contributed by atoms with Crippen LogP contribution in [0, 0.1) is 6.92 Å². The Morgan fingerprint density at radius 3 is 2.96 bits per heavy atom. The average molecular weight is 386 g/mol. The molecule has 0 spiro atoms. The maximum absolute atomic E-state index is 13.3. The minimum absolute atomic E-state index is 0.0322. The summed E-state index contributed by atoms with van der Waals surface area (Å²) in [6.07, 6.45) is 2.01. The molecule has 1 fully saturated rings. The lowest BCUT2D eigenvalue weighted by Crippen LogP contribution is -2.38. The number of hydrogen-bond donors (Lipinski definition) is 0. The minimum Gasteiger partial charge on any atom is -0.497 e. The number of thiazole rings is 1. The van der Waals surface area contributed by atoms with E-state index < -0.39 is 0 Å². The van der Waals surface area contributed by atoms with E-state index in [4.69, 9.17) is 14.5 Å². The van der Waals surface area contributed by atoms with E-state index in [1.807, 2.05) is 25.1 Å². The summed E-state index contributed by atoms with van der Waals surface area (Å²) in [6, 6.07) is 7.54. The highest BCUT2D eigenvalue weighted by Crippen LogP contribution is 2.33. The van der Waals surface area contributed by atoms with Crippen molar-refractivity contribution < 1.29 is 14.3 Å². The van der Waals surface area contributed by atoms with E-state index in [0.29, 0.717) is 17.4 Å². The number of benzene rings is 1. The second-order valence-electron chi connectivity index (χ2n) is 6.68. The molecule has 0 radical (unpaired) electrons. The number of ether oxygens (including phenoxy) is 2. The number of anilines is 1. The highest BCUT2D eigenvalue weighted by Gasteiger charge is 2.28. The quantitative estimate of drug-likeness (QED) is 0.674. The van der Waals surface area contributed by atoms with Gasteiger partial charge in [0.05, 0.1) is 35.7 Å². The van der Waals surface area contributed by atoms with Crippen molar-refractivity contribution in [2.45, 2.75) is 25.9 Å². The molecule has 1 aliphatic rings.